The first-order valence-corrected chi connectivity index (χ1v) is 29.4. The molecular formula is C65H78N8O7. The van der Waals surface area contributed by atoms with Crippen LogP contribution in [0.15, 0.2) is 96.1 Å². The molecule has 13 atom stereocenters. The minimum atomic E-state index is -2.21. The molecule has 1 spiro atoms. The molecule has 15 heteroatoms. The lowest BCUT2D eigenvalue weighted by atomic mass is 9.47. The summed E-state index contributed by atoms with van der Waals surface area (Å²) in [6.45, 7) is 16.2. The quantitative estimate of drug-likeness (QED) is 0.0575. The molecule has 6 N–H and O–H groups in total. The number of aromatic nitrogens is 2. The van der Waals surface area contributed by atoms with Gasteiger partial charge < -0.3 is 40.5 Å². The van der Waals surface area contributed by atoms with Crippen LogP contribution in [0.5, 0.6) is 0 Å². The van der Waals surface area contributed by atoms with E-state index >= 15 is 0 Å². The fourth-order valence-corrected chi connectivity index (χ4v) is 18.5. The molecule has 3 fully saturated rings. The molecule has 15 nitrogen and oxygen atoms in total. The molecule has 6 bridgehead atoms. The van der Waals surface area contributed by atoms with Crippen LogP contribution in [0.3, 0.4) is 0 Å². The molecule has 0 radical (unpaired) electrons. The van der Waals surface area contributed by atoms with Crippen molar-refractivity contribution in [2.24, 2.45) is 23.0 Å². The Morgan fingerprint density at radius 3 is 2.24 bits per heavy atom. The van der Waals surface area contributed by atoms with E-state index in [-0.39, 0.29) is 23.9 Å². The number of aliphatic hydroxyl groups is 1. The number of aromatic amines is 2. The van der Waals surface area contributed by atoms with Gasteiger partial charge in [0.15, 0.2) is 6.10 Å². The molecule has 420 valence electrons. The molecular weight excluding hydrogens is 1000 g/mol. The third-order valence-electron chi connectivity index (χ3n) is 21.3. The summed E-state index contributed by atoms with van der Waals surface area (Å²) in [5, 5.41) is 19.2. The smallest absolute Gasteiger partial charge is 0.344 e. The molecule has 2 amide bonds. The lowest BCUT2D eigenvalue weighted by molar-refractivity contribution is -0.228. The Kier molecular flexibility index (Phi) is 12.6. The number of rotatable bonds is 9. The van der Waals surface area contributed by atoms with Crippen LogP contribution in [0.1, 0.15) is 105 Å². The summed E-state index contributed by atoms with van der Waals surface area (Å²) in [6.07, 6.45) is 15.2. The number of carbonyl (C=O) groups is 4. The van der Waals surface area contributed by atoms with E-state index in [1.165, 1.54) is 41.7 Å². The first-order chi connectivity index (χ1) is 38.6. The Balaban J connectivity index is 0.000000208. The molecule has 15 rings (SSSR count). The van der Waals surface area contributed by atoms with Gasteiger partial charge >= 0.3 is 11.9 Å². The largest absolute Gasteiger partial charge is 0.467 e. The van der Waals surface area contributed by atoms with E-state index < -0.39 is 51.5 Å². The monoisotopic (exact) mass is 1080 g/mol. The predicted molar refractivity (Wildman–Crippen MR) is 309 cm³/mol. The van der Waals surface area contributed by atoms with Crippen molar-refractivity contribution in [3.63, 3.8) is 0 Å². The molecule has 5 aromatic rings. The average molecular weight is 1080 g/mol. The number of nitrogens with zero attached hydrogens (tertiary/aromatic N) is 4. The zero-order valence-electron chi connectivity index (χ0n) is 47.5. The number of piperidine rings is 1. The van der Waals surface area contributed by atoms with Crippen LogP contribution in [0.25, 0.3) is 21.8 Å². The van der Waals surface area contributed by atoms with Crippen molar-refractivity contribution < 1.29 is 33.8 Å². The molecule has 2 aliphatic carbocycles. The van der Waals surface area contributed by atoms with Crippen LogP contribution in [0.2, 0.25) is 0 Å². The first-order valence-electron chi connectivity index (χ1n) is 29.4. The number of hydrogen-bond donors (Lipinski definition) is 5. The van der Waals surface area contributed by atoms with Crippen LogP contribution in [0.4, 0.5) is 5.69 Å². The number of hydrogen-bond acceptors (Lipinski definition) is 11. The van der Waals surface area contributed by atoms with Crippen molar-refractivity contribution >= 4 is 51.7 Å². The number of carbonyl (C=O) groups excluding carboxylic acids is 4. The summed E-state index contributed by atoms with van der Waals surface area (Å²) >= 11 is 0. The van der Waals surface area contributed by atoms with Gasteiger partial charge in [-0.05, 0) is 123 Å². The number of likely N-dealkylation sites (N-methyl/N-ethyl adjacent to an activating group) is 1. The zero-order chi connectivity index (χ0) is 55.8. The Bertz CT molecular complexity index is 3490. The van der Waals surface area contributed by atoms with E-state index in [2.05, 4.69) is 137 Å². The highest BCUT2D eigenvalue weighted by Gasteiger charge is 2.80. The standard InChI is InChI=1S/C45H55N5O6.C20H23N3O/c1-7-29-21-30-23-44(46-26-51,37-32(14-18-49(24-29)25-30)31-12-9-10-13-35(31)47-37)33-22-34-36(20-27(33)3)48(5)39-43(34)16-19-50-17-11-15-42(8-2,38(43)50)40(56-28(4)52)45(39,54)41(53)55-6;1-2-13-9-12-10-20(19(21)24)17-15(7-8-23(11-12)18(13)20)14-5-3-4-6-16(14)22-17/h9-13,15,20-22,26,30,38-40,47,54H,7-8,14,16-19,23-25H2,1-6H3,(H,46,51);3-6,9,12,18,22H,2,7-8,10-11H2,1H3,(H2,21,24)/t30-,38-,39?,40+,42+,43+,44-,45-;/m0./s1. The van der Waals surface area contributed by atoms with Gasteiger partial charge in [0, 0.05) is 109 Å². The van der Waals surface area contributed by atoms with Crippen LogP contribution in [-0.2, 0) is 57.9 Å². The van der Waals surface area contributed by atoms with E-state index in [9.17, 15) is 24.3 Å². The minimum absolute atomic E-state index is 0.124. The van der Waals surface area contributed by atoms with Crippen LogP contribution < -0.4 is 16.0 Å². The van der Waals surface area contributed by atoms with E-state index in [4.69, 9.17) is 15.2 Å². The Labute approximate surface area is 469 Å². The summed E-state index contributed by atoms with van der Waals surface area (Å²) < 4.78 is 11.6. The fraction of sp³-hybridized carbons (Fsp3) is 0.508. The number of nitrogens with one attached hydrogen (secondary N) is 3. The highest BCUT2D eigenvalue weighted by molar-refractivity contribution is 5.94. The molecule has 6 unspecified atom stereocenters. The van der Waals surface area contributed by atoms with Gasteiger partial charge in [0.1, 0.15) is 11.0 Å². The summed E-state index contributed by atoms with van der Waals surface area (Å²) in [4.78, 5) is 70.4. The number of para-hydroxylation sites is 2. The molecule has 80 heavy (non-hydrogen) atoms. The predicted octanol–water partition coefficient (Wildman–Crippen LogP) is 7.11. The second-order valence-corrected chi connectivity index (χ2v) is 24.9. The number of nitrogens with two attached hydrogens (primary N) is 1. The second-order valence-electron chi connectivity index (χ2n) is 24.9. The summed E-state index contributed by atoms with van der Waals surface area (Å²) in [6, 6.07) is 20.4. The second kappa shape index (κ2) is 19.0. The van der Waals surface area contributed by atoms with Crippen molar-refractivity contribution in [1.29, 1.82) is 0 Å². The van der Waals surface area contributed by atoms with Gasteiger partial charge in [-0.25, -0.2) is 4.79 Å². The van der Waals surface area contributed by atoms with Gasteiger partial charge in [-0.1, -0.05) is 98.7 Å². The molecule has 3 aromatic carbocycles. The summed E-state index contributed by atoms with van der Waals surface area (Å²) in [5.74, 6) is -0.945. The number of aryl methyl sites for hydroxylation is 1. The topological polar surface area (TPSA) is 190 Å². The Hall–Kier alpha value is -6.52. The normalized spacial score (nSPS) is 35.1. The number of fused-ring (bicyclic) bond motifs is 9. The maximum absolute atomic E-state index is 14.3. The van der Waals surface area contributed by atoms with E-state index in [1.807, 2.05) is 18.0 Å². The number of esters is 2. The zero-order valence-corrected chi connectivity index (χ0v) is 47.5. The van der Waals surface area contributed by atoms with E-state index in [0.717, 1.165) is 128 Å². The van der Waals surface area contributed by atoms with Crippen molar-refractivity contribution in [3.8, 4) is 0 Å². The highest BCUT2D eigenvalue weighted by Crippen LogP contribution is 2.68. The molecule has 2 saturated heterocycles. The average Bonchev–Trinajstić information content (AvgIpc) is 4.40. The lowest BCUT2D eigenvalue weighted by Gasteiger charge is -2.63. The number of ether oxygens (including phenoxy) is 2. The number of benzene rings is 3. The fourth-order valence-electron chi connectivity index (χ4n) is 18.5. The van der Waals surface area contributed by atoms with E-state index in [1.54, 1.807) is 0 Å². The highest BCUT2D eigenvalue weighted by atomic mass is 16.6. The SMILES string of the molecule is CCC1=CC2CN3CCc4c([nH]c5ccccc45)C(C(N)=O)(C2)C13.CCC1=C[C@@H]2CN(CCc3c([nH]c4ccccc34)[C@@](NC=O)(c3cc4c(cc3C)N(C)C3[C@]45CCN4CC=C[C@@](CC)([C@@H](OC(C)=O)[C@]3(O)C(=O)OC)[C@H]45)C2)C1. The van der Waals surface area contributed by atoms with Crippen LogP contribution in [0, 0.1) is 24.2 Å². The number of methoxy groups -OCH3 is 1. The van der Waals surface area contributed by atoms with Gasteiger partial charge in [0.25, 0.3) is 0 Å². The maximum atomic E-state index is 14.3. The number of primary amides is 1. The maximum Gasteiger partial charge on any atom is 0.344 e. The van der Waals surface area contributed by atoms with E-state index in [0.29, 0.717) is 31.7 Å². The van der Waals surface area contributed by atoms with Crippen molar-refractivity contribution in [2.45, 2.75) is 132 Å². The number of anilines is 1. The number of H-pyrrole nitrogens is 2. The molecule has 2 aromatic heterocycles. The van der Waals surface area contributed by atoms with Crippen LogP contribution in [-0.4, -0.2) is 144 Å². The third-order valence-corrected chi connectivity index (χ3v) is 21.3. The van der Waals surface area contributed by atoms with Crippen molar-refractivity contribution in [3.05, 3.63) is 135 Å². The summed E-state index contributed by atoms with van der Waals surface area (Å²) in [7, 11) is 3.23. The number of amides is 2. The Morgan fingerprint density at radius 2 is 1.56 bits per heavy atom. The third kappa shape index (κ3) is 7.11. The molecule has 1 saturated carbocycles. The van der Waals surface area contributed by atoms with Gasteiger partial charge in [-0.15, -0.1) is 0 Å². The lowest BCUT2D eigenvalue weighted by Crippen LogP contribution is -2.81. The molecule has 10 aliphatic rings. The van der Waals surface area contributed by atoms with Gasteiger partial charge in [-0.3, -0.25) is 29.1 Å². The minimum Gasteiger partial charge on any atom is -0.467 e. The molecule has 8 aliphatic heterocycles. The van der Waals surface area contributed by atoms with Gasteiger partial charge in [-0.2, -0.15) is 0 Å². The first kappa shape index (κ1) is 52.8. The van der Waals surface area contributed by atoms with Crippen molar-refractivity contribution in [1.82, 2.24) is 30.0 Å². The van der Waals surface area contributed by atoms with Crippen molar-refractivity contribution in [2.75, 3.05) is 64.9 Å². The van der Waals surface area contributed by atoms with Gasteiger partial charge in [0.05, 0.1) is 19.2 Å². The Morgan fingerprint density at radius 1 is 0.863 bits per heavy atom. The van der Waals surface area contributed by atoms with Crippen LogP contribution >= 0.6 is 0 Å². The molecule has 10 heterocycles. The van der Waals surface area contributed by atoms with Gasteiger partial charge in [0.2, 0.25) is 17.9 Å². The summed E-state index contributed by atoms with van der Waals surface area (Å²) in [5.41, 5.74) is 14.2.